The summed E-state index contributed by atoms with van der Waals surface area (Å²) in [5.41, 5.74) is 2.46. The van der Waals surface area contributed by atoms with Gasteiger partial charge in [-0.05, 0) is 35.9 Å². The van der Waals surface area contributed by atoms with Gasteiger partial charge in [0.05, 0.1) is 5.56 Å². The Hall–Kier alpha value is -3.05. The molecular formula is C21H18N2O2S. The van der Waals surface area contributed by atoms with Gasteiger partial charge in [0.2, 0.25) is 0 Å². The van der Waals surface area contributed by atoms with Gasteiger partial charge in [0.15, 0.2) is 0 Å². The van der Waals surface area contributed by atoms with E-state index in [1.807, 2.05) is 48.5 Å². The number of carbonyl (C=O) groups excluding carboxylic acids is 2. The molecule has 0 unspecified atom stereocenters. The molecule has 0 radical (unpaired) electrons. The van der Waals surface area contributed by atoms with E-state index in [1.54, 1.807) is 30.3 Å². The van der Waals surface area contributed by atoms with Crippen molar-refractivity contribution in [2.24, 2.45) is 0 Å². The monoisotopic (exact) mass is 362 g/mol. The predicted octanol–water partition coefficient (Wildman–Crippen LogP) is 4.16. The van der Waals surface area contributed by atoms with Crippen LogP contribution >= 0.6 is 12.6 Å². The molecule has 2 amide bonds. The smallest absolute Gasteiger partial charge is 0.256 e. The van der Waals surface area contributed by atoms with E-state index in [4.69, 9.17) is 0 Å². The topological polar surface area (TPSA) is 58.2 Å². The van der Waals surface area contributed by atoms with E-state index in [2.05, 4.69) is 23.3 Å². The van der Waals surface area contributed by atoms with Crippen molar-refractivity contribution in [3.8, 4) is 0 Å². The van der Waals surface area contributed by atoms with Crippen LogP contribution in [0.15, 0.2) is 83.8 Å². The van der Waals surface area contributed by atoms with Crippen molar-refractivity contribution < 1.29 is 9.59 Å². The lowest BCUT2D eigenvalue weighted by Gasteiger charge is -2.10. The van der Waals surface area contributed by atoms with Crippen LogP contribution in [0.1, 0.15) is 26.3 Å². The highest BCUT2D eigenvalue weighted by molar-refractivity contribution is 7.80. The number of anilines is 1. The van der Waals surface area contributed by atoms with Crippen LogP contribution in [0.4, 0.5) is 5.69 Å². The van der Waals surface area contributed by atoms with E-state index in [1.165, 1.54) is 0 Å². The van der Waals surface area contributed by atoms with Crippen molar-refractivity contribution in [2.75, 3.05) is 5.32 Å². The molecule has 0 aromatic heterocycles. The summed E-state index contributed by atoms with van der Waals surface area (Å²) >= 11 is 4.34. The molecule has 0 atom stereocenters. The minimum Gasteiger partial charge on any atom is -0.348 e. The van der Waals surface area contributed by atoms with Gasteiger partial charge in [0.25, 0.3) is 11.8 Å². The molecule has 0 fully saturated rings. The molecule has 5 heteroatoms. The minimum absolute atomic E-state index is 0.240. The number of rotatable bonds is 5. The van der Waals surface area contributed by atoms with Crippen molar-refractivity contribution in [3.05, 3.63) is 95.6 Å². The van der Waals surface area contributed by atoms with Gasteiger partial charge >= 0.3 is 0 Å². The number of carbonyl (C=O) groups is 2. The van der Waals surface area contributed by atoms with E-state index >= 15 is 0 Å². The Morgan fingerprint density at radius 3 is 2.15 bits per heavy atom. The van der Waals surface area contributed by atoms with Gasteiger partial charge < -0.3 is 10.6 Å². The van der Waals surface area contributed by atoms with Crippen LogP contribution in [0.5, 0.6) is 0 Å². The van der Waals surface area contributed by atoms with E-state index in [9.17, 15) is 9.59 Å². The summed E-state index contributed by atoms with van der Waals surface area (Å²) in [6, 6.07) is 23.7. The highest BCUT2D eigenvalue weighted by atomic mass is 32.1. The van der Waals surface area contributed by atoms with Crippen molar-refractivity contribution in [1.82, 2.24) is 5.32 Å². The van der Waals surface area contributed by atoms with Crippen LogP contribution in [0.25, 0.3) is 0 Å². The molecule has 3 aromatic carbocycles. The summed E-state index contributed by atoms with van der Waals surface area (Å²) < 4.78 is 0. The van der Waals surface area contributed by atoms with Crippen LogP contribution in [-0.2, 0) is 6.54 Å². The molecule has 0 spiro atoms. The lowest BCUT2D eigenvalue weighted by atomic mass is 10.1. The van der Waals surface area contributed by atoms with E-state index in [0.717, 1.165) is 5.56 Å². The van der Waals surface area contributed by atoms with Crippen LogP contribution in [0.3, 0.4) is 0 Å². The lowest BCUT2D eigenvalue weighted by Crippen LogP contribution is -2.23. The molecule has 0 bridgehead atoms. The van der Waals surface area contributed by atoms with Gasteiger partial charge in [0, 0.05) is 22.7 Å². The Bertz CT molecular complexity index is 912. The molecule has 130 valence electrons. The highest BCUT2D eigenvalue weighted by Crippen LogP contribution is 2.18. The summed E-state index contributed by atoms with van der Waals surface area (Å²) in [4.78, 5) is 25.4. The van der Waals surface area contributed by atoms with Crippen molar-refractivity contribution in [2.45, 2.75) is 11.4 Å². The number of thiol groups is 1. The number of nitrogens with one attached hydrogen (secondary N) is 2. The zero-order valence-electron chi connectivity index (χ0n) is 14.0. The minimum atomic E-state index is -0.307. The normalized spacial score (nSPS) is 10.2. The third-order valence-corrected chi connectivity index (χ3v) is 4.22. The standard InChI is InChI=1S/C21H18N2O2S/c24-20(22-14-15-7-3-1-4-8-15)16-11-12-19(26)18(13-16)21(25)23-17-9-5-2-6-10-17/h1-13,26H,14H2,(H,22,24)(H,23,25). The fraction of sp³-hybridized carbons (Fsp3) is 0.0476. The van der Waals surface area contributed by atoms with E-state index in [-0.39, 0.29) is 11.8 Å². The van der Waals surface area contributed by atoms with Gasteiger partial charge in [-0.3, -0.25) is 9.59 Å². The van der Waals surface area contributed by atoms with Gasteiger partial charge in [-0.1, -0.05) is 48.5 Å². The lowest BCUT2D eigenvalue weighted by molar-refractivity contribution is 0.0951. The molecule has 2 N–H and O–H groups in total. The molecule has 0 aliphatic heterocycles. The number of hydrogen-bond acceptors (Lipinski definition) is 3. The fourth-order valence-electron chi connectivity index (χ4n) is 2.46. The second-order valence-electron chi connectivity index (χ2n) is 5.72. The first-order valence-electron chi connectivity index (χ1n) is 8.15. The molecule has 0 saturated carbocycles. The number of amides is 2. The average molecular weight is 362 g/mol. The van der Waals surface area contributed by atoms with Crippen molar-refractivity contribution in [3.63, 3.8) is 0 Å². The number of benzene rings is 3. The maximum Gasteiger partial charge on any atom is 0.256 e. The molecule has 3 aromatic rings. The average Bonchev–Trinajstić information content (AvgIpc) is 2.68. The summed E-state index contributed by atoms with van der Waals surface area (Å²) in [5.74, 6) is -0.546. The SMILES string of the molecule is O=C(NCc1ccccc1)c1ccc(S)c(C(=O)Nc2ccccc2)c1. The van der Waals surface area contributed by atoms with Gasteiger partial charge in [-0.25, -0.2) is 0 Å². The fourth-order valence-corrected chi connectivity index (χ4v) is 2.70. The predicted molar refractivity (Wildman–Crippen MR) is 106 cm³/mol. The Kier molecular flexibility index (Phi) is 5.71. The van der Waals surface area contributed by atoms with Gasteiger partial charge in [-0.15, -0.1) is 12.6 Å². The quantitative estimate of drug-likeness (QED) is 0.597. The second-order valence-corrected chi connectivity index (χ2v) is 6.20. The third kappa shape index (κ3) is 4.52. The molecular weight excluding hydrogens is 344 g/mol. The van der Waals surface area contributed by atoms with Crippen LogP contribution in [-0.4, -0.2) is 11.8 Å². The largest absolute Gasteiger partial charge is 0.348 e. The van der Waals surface area contributed by atoms with Crippen molar-refractivity contribution in [1.29, 1.82) is 0 Å². The Morgan fingerprint density at radius 1 is 0.808 bits per heavy atom. The maximum atomic E-state index is 12.5. The first-order valence-corrected chi connectivity index (χ1v) is 8.60. The molecule has 0 saturated heterocycles. The first kappa shape index (κ1) is 17.8. The highest BCUT2D eigenvalue weighted by Gasteiger charge is 2.14. The summed E-state index contributed by atoms with van der Waals surface area (Å²) in [6.45, 7) is 0.424. The number of hydrogen-bond donors (Lipinski definition) is 3. The zero-order chi connectivity index (χ0) is 18.4. The maximum absolute atomic E-state index is 12.5. The summed E-state index contributed by atoms with van der Waals surface area (Å²) in [6.07, 6.45) is 0. The Labute approximate surface area is 157 Å². The molecule has 0 heterocycles. The zero-order valence-corrected chi connectivity index (χ0v) is 14.9. The summed E-state index contributed by atoms with van der Waals surface area (Å²) in [7, 11) is 0. The molecule has 0 aliphatic rings. The van der Waals surface area contributed by atoms with Crippen molar-refractivity contribution >= 4 is 30.1 Å². The van der Waals surface area contributed by atoms with Crippen LogP contribution < -0.4 is 10.6 Å². The molecule has 26 heavy (non-hydrogen) atoms. The Morgan fingerprint density at radius 2 is 1.46 bits per heavy atom. The molecule has 3 rings (SSSR count). The molecule has 4 nitrogen and oxygen atoms in total. The van der Waals surface area contributed by atoms with Gasteiger partial charge in [0.1, 0.15) is 0 Å². The molecule has 0 aliphatic carbocycles. The van der Waals surface area contributed by atoms with Crippen LogP contribution in [0.2, 0.25) is 0 Å². The number of para-hydroxylation sites is 1. The van der Waals surface area contributed by atoms with E-state index < -0.39 is 0 Å². The third-order valence-electron chi connectivity index (χ3n) is 3.83. The van der Waals surface area contributed by atoms with Gasteiger partial charge in [-0.2, -0.15) is 0 Å². The summed E-state index contributed by atoms with van der Waals surface area (Å²) in [5, 5.41) is 5.66. The first-order chi connectivity index (χ1) is 12.6. The van der Waals surface area contributed by atoms with E-state index in [0.29, 0.717) is 28.3 Å². The Balaban J connectivity index is 1.72. The second kappa shape index (κ2) is 8.36. The van der Waals surface area contributed by atoms with Crippen LogP contribution in [0, 0.1) is 0 Å².